The molecule has 2 atom stereocenters. The maximum atomic E-state index is 14.0. The van der Waals surface area contributed by atoms with Gasteiger partial charge in [-0.1, -0.05) is 66.2 Å². The zero-order valence-electron chi connectivity index (χ0n) is 24.9. The molecule has 7 nitrogen and oxygen atoms in total. The molecule has 0 radical (unpaired) electrons. The number of carbonyl (C=O) groups is 2. The molecule has 0 aromatic heterocycles. The molecule has 2 aliphatic heterocycles. The predicted molar refractivity (Wildman–Crippen MR) is 170 cm³/mol. The average molecular weight is 602 g/mol. The number of halogens is 1. The Morgan fingerprint density at radius 1 is 0.930 bits per heavy atom. The minimum atomic E-state index is -0.205. The zero-order chi connectivity index (χ0) is 30.2. The molecule has 0 saturated carbocycles. The number of hydrogen-bond acceptors (Lipinski definition) is 5. The minimum absolute atomic E-state index is 0.00291. The number of amides is 2. The topological polar surface area (TPSA) is 71.1 Å². The number of rotatable bonds is 12. The highest BCUT2D eigenvalue weighted by molar-refractivity contribution is 6.32. The second-order valence-corrected chi connectivity index (χ2v) is 11.7. The van der Waals surface area contributed by atoms with E-state index in [1.807, 2.05) is 66.5 Å². The maximum absolute atomic E-state index is 14.0. The summed E-state index contributed by atoms with van der Waals surface area (Å²) >= 11 is 6.19. The monoisotopic (exact) mass is 601 g/mol. The number of benzene rings is 3. The molecule has 3 aromatic carbocycles. The fourth-order valence-electron chi connectivity index (χ4n) is 5.83. The molecule has 2 amide bonds. The normalized spacial score (nSPS) is 17.9. The Balaban J connectivity index is 1.26. The number of hydrogen-bond donors (Lipinski definition) is 1. The summed E-state index contributed by atoms with van der Waals surface area (Å²) in [6, 6.07) is 25.7. The van der Waals surface area contributed by atoms with Gasteiger partial charge in [0.25, 0.3) is 5.91 Å². The molecule has 2 heterocycles. The summed E-state index contributed by atoms with van der Waals surface area (Å²) in [6.07, 6.45) is 3.15. The Morgan fingerprint density at radius 2 is 1.65 bits per heavy atom. The van der Waals surface area contributed by atoms with Crippen LogP contribution in [0.3, 0.4) is 0 Å². The van der Waals surface area contributed by atoms with Crippen LogP contribution in [0.1, 0.15) is 37.3 Å². The third-order valence-electron chi connectivity index (χ3n) is 8.08. The maximum Gasteiger partial charge on any atom is 0.251 e. The molecule has 0 spiro atoms. The quantitative estimate of drug-likeness (QED) is 0.273. The van der Waals surface area contributed by atoms with E-state index in [1.165, 1.54) is 5.56 Å². The molecule has 8 heteroatoms. The van der Waals surface area contributed by atoms with E-state index in [4.69, 9.17) is 21.1 Å². The fraction of sp³-hybridized carbons (Fsp3) is 0.371. The van der Waals surface area contributed by atoms with Crippen LogP contribution in [0.5, 0.6) is 11.5 Å². The van der Waals surface area contributed by atoms with Gasteiger partial charge in [0.1, 0.15) is 11.5 Å². The molecule has 226 valence electrons. The van der Waals surface area contributed by atoms with Crippen molar-refractivity contribution in [3.63, 3.8) is 0 Å². The van der Waals surface area contributed by atoms with Crippen molar-refractivity contribution in [3.8, 4) is 11.5 Å². The van der Waals surface area contributed by atoms with Gasteiger partial charge in [0.2, 0.25) is 5.91 Å². The van der Waals surface area contributed by atoms with Crippen LogP contribution >= 0.6 is 11.6 Å². The summed E-state index contributed by atoms with van der Waals surface area (Å²) in [6.45, 7) is 4.42. The predicted octanol–water partition coefficient (Wildman–Crippen LogP) is 5.63. The van der Waals surface area contributed by atoms with Crippen molar-refractivity contribution in [1.82, 2.24) is 15.1 Å². The largest absolute Gasteiger partial charge is 0.494 e. The third kappa shape index (κ3) is 7.98. The zero-order valence-corrected chi connectivity index (χ0v) is 25.7. The molecule has 5 rings (SSSR count). The van der Waals surface area contributed by atoms with Gasteiger partial charge in [-0.2, -0.15) is 0 Å². The van der Waals surface area contributed by atoms with Crippen molar-refractivity contribution in [3.05, 3.63) is 101 Å². The van der Waals surface area contributed by atoms with E-state index in [9.17, 15) is 9.59 Å². The Kier molecular flexibility index (Phi) is 10.4. The second kappa shape index (κ2) is 14.6. The Morgan fingerprint density at radius 3 is 2.40 bits per heavy atom. The summed E-state index contributed by atoms with van der Waals surface area (Å²) in [5.74, 6) is 1.57. The first kappa shape index (κ1) is 30.6. The number of fused-ring (bicyclic) bond motifs is 2. The van der Waals surface area contributed by atoms with Crippen molar-refractivity contribution in [1.29, 1.82) is 0 Å². The average Bonchev–Trinajstić information content (AvgIpc) is 3.02. The van der Waals surface area contributed by atoms with Crippen molar-refractivity contribution in [2.45, 2.75) is 44.7 Å². The van der Waals surface area contributed by atoms with Crippen LogP contribution in [-0.2, 0) is 16.0 Å². The van der Waals surface area contributed by atoms with Crippen LogP contribution in [0.25, 0.3) is 5.57 Å². The van der Waals surface area contributed by atoms with Crippen molar-refractivity contribution >= 4 is 29.0 Å². The molecule has 43 heavy (non-hydrogen) atoms. The summed E-state index contributed by atoms with van der Waals surface area (Å²) in [7, 11) is 1.85. The lowest BCUT2D eigenvalue weighted by molar-refractivity contribution is -0.132. The highest BCUT2D eigenvalue weighted by Crippen LogP contribution is 2.34. The van der Waals surface area contributed by atoms with Gasteiger partial charge in [-0.15, -0.1) is 0 Å². The Bertz CT molecular complexity index is 1430. The van der Waals surface area contributed by atoms with Gasteiger partial charge in [-0.3, -0.25) is 9.59 Å². The fourth-order valence-corrected chi connectivity index (χ4v) is 6.02. The highest BCUT2D eigenvalue weighted by atomic mass is 35.5. The van der Waals surface area contributed by atoms with Crippen LogP contribution < -0.4 is 14.8 Å². The van der Waals surface area contributed by atoms with E-state index in [-0.39, 0.29) is 23.9 Å². The van der Waals surface area contributed by atoms with Gasteiger partial charge in [0, 0.05) is 45.2 Å². The molecule has 1 N–H and O–H groups in total. The van der Waals surface area contributed by atoms with Crippen molar-refractivity contribution in [2.75, 3.05) is 39.9 Å². The first-order valence-corrected chi connectivity index (χ1v) is 15.4. The molecule has 0 aliphatic carbocycles. The molecule has 2 bridgehead atoms. The van der Waals surface area contributed by atoms with E-state index in [0.29, 0.717) is 50.0 Å². The molecule has 3 aromatic rings. The first-order chi connectivity index (χ1) is 20.9. The number of para-hydroxylation sites is 2. The van der Waals surface area contributed by atoms with Gasteiger partial charge in [0.15, 0.2) is 0 Å². The van der Waals surface area contributed by atoms with Crippen LogP contribution in [0.4, 0.5) is 0 Å². The Labute approximate surface area is 259 Å². The second-order valence-electron chi connectivity index (χ2n) is 11.3. The highest BCUT2D eigenvalue weighted by Gasteiger charge is 2.39. The van der Waals surface area contributed by atoms with Gasteiger partial charge < -0.3 is 24.6 Å². The molecule has 2 aliphatic rings. The minimum Gasteiger partial charge on any atom is -0.494 e. The van der Waals surface area contributed by atoms with E-state index in [2.05, 4.69) is 29.6 Å². The van der Waals surface area contributed by atoms with Gasteiger partial charge in [0.05, 0.1) is 24.3 Å². The SMILES string of the molecule is CC(=O)N1C[C@H]2CC(c3ccc(CCCOc4ccccc4Cl)cc3)=C(C(=O)N(C)CCCOc3ccccc3)[C@@H](C1)N2. The molecule has 1 saturated heterocycles. The van der Waals surface area contributed by atoms with Gasteiger partial charge >= 0.3 is 0 Å². The third-order valence-corrected chi connectivity index (χ3v) is 8.40. The summed E-state index contributed by atoms with van der Waals surface area (Å²) in [5, 5.41) is 4.25. The molecular formula is C35H40ClN3O4. The summed E-state index contributed by atoms with van der Waals surface area (Å²) < 4.78 is 11.7. The van der Waals surface area contributed by atoms with E-state index < -0.39 is 0 Å². The summed E-state index contributed by atoms with van der Waals surface area (Å²) in [4.78, 5) is 29.9. The van der Waals surface area contributed by atoms with Crippen LogP contribution in [0, 0.1) is 0 Å². The summed E-state index contributed by atoms with van der Waals surface area (Å²) in [5.41, 5.74) is 4.11. The van der Waals surface area contributed by atoms with E-state index >= 15 is 0 Å². The van der Waals surface area contributed by atoms with Gasteiger partial charge in [-0.05, 0) is 66.6 Å². The number of nitrogens with zero attached hydrogens (tertiary/aromatic N) is 2. The lowest BCUT2D eigenvalue weighted by atomic mass is 9.82. The van der Waals surface area contributed by atoms with Gasteiger partial charge in [-0.25, -0.2) is 0 Å². The smallest absolute Gasteiger partial charge is 0.251 e. The van der Waals surface area contributed by atoms with E-state index in [0.717, 1.165) is 41.7 Å². The van der Waals surface area contributed by atoms with Crippen molar-refractivity contribution < 1.29 is 19.1 Å². The van der Waals surface area contributed by atoms with Crippen LogP contribution in [-0.4, -0.2) is 73.6 Å². The first-order valence-electron chi connectivity index (χ1n) is 15.0. The molecular weight excluding hydrogens is 562 g/mol. The molecule has 0 unspecified atom stereocenters. The number of likely N-dealkylation sites (N-methyl/N-ethyl adjacent to an activating group) is 1. The standard InChI is InChI=1S/C35H40ClN3O4/c1-25(40)39-23-28-22-30(27-17-15-26(16-18-27)10-8-20-43-33-14-7-6-13-31(33)36)34(32(24-39)37-28)35(41)38(2)19-9-21-42-29-11-4-3-5-12-29/h3-7,11-18,28,32,37H,8-10,19-24H2,1-2H3/t28-,32-/m1/s1. The van der Waals surface area contributed by atoms with Crippen LogP contribution in [0.2, 0.25) is 5.02 Å². The van der Waals surface area contributed by atoms with Crippen LogP contribution in [0.15, 0.2) is 84.4 Å². The number of piperazine rings is 1. The molecule has 1 fully saturated rings. The number of nitrogens with one attached hydrogen (secondary N) is 1. The lowest BCUT2D eigenvalue weighted by Gasteiger charge is -2.44. The van der Waals surface area contributed by atoms with Crippen molar-refractivity contribution in [2.24, 2.45) is 0 Å². The number of carbonyl (C=O) groups excluding carboxylic acids is 2. The number of ether oxygens (including phenoxy) is 2. The lowest BCUT2D eigenvalue weighted by Crippen LogP contribution is -2.61. The Hall–Kier alpha value is -3.81. The van der Waals surface area contributed by atoms with E-state index in [1.54, 1.807) is 11.8 Å². The number of aryl methyl sites for hydroxylation is 1.